The number of benzene rings is 3. The third-order valence-corrected chi connectivity index (χ3v) is 6.28. The standard InChI is InChI=1S/C29H30ClN3O4/c1-33(2)29(36)21-8-11-26-25(16-21)28(12-13-31-26)37-24-9-6-19(7-10-24)14-23(18-34)32-17-27(35)20-4-3-5-22(30)15-20/h3-13,15-16,23,27,32,34-35H,14,17-18H2,1-2H3/t23-,27+/m0/s1. The van der Waals surface area contributed by atoms with Crippen LogP contribution in [0.5, 0.6) is 11.5 Å². The number of nitrogens with zero attached hydrogens (tertiary/aromatic N) is 2. The van der Waals surface area contributed by atoms with Gasteiger partial charge in [0, 0.05) is 48.9 Å². The first-order valence-electron chi connectivity index (χ1n) is 12.0. The molecule has 1 amide bonds. The second-order valence-corrected chi connectivity index (χ2v) is 9.49. The van der Waals surface area contributed by atoms with Crippen LogP contribution >= 0.6 is 11.6 Å². The summed E-state index contributed by atoms with van der Waals surface area (Å²) < 4.78 is 6.14. The maximum Gasteiger partial charge on any atom is 0.253 e. The van der Waals surface area contributed by atoms with Gasteiger partial charge >= 0.3 is 0 Å². The molecule has 0 aliphatic heterocycles. The smallest absolute Gasteiger partial charge is 0.253 e. The molecule has 4 aromatic rings. The zero-order valence-electron chi connectivity index (χ0n) is 20.8. The number of nitrogens with one attached hydrogen (secondary N) is 1. The molecule has 1 aromatic heterocycles. The summed E-state index contributed by atoms with van der Waals surface area (Å²) in [6.07, 6.45) is 1.52. The highest BCUT2D eigenvalue weighted by atomic mass is 35.5. The van der Waals surface area contributed by atoms with Gasteiger partial charge in [-0.2, -0.15) is 0 Å². The molecule has 0 unspecified atom stereocenters. The molecule has 0 aliphatic carbocycles. The van der Waals surface area contributed by atoms with E-state index < -0.39 is 6.10 Å². The molecular formula is C29H30ClN3O4. The highest BCUT2D eigenvalue weighted by Gasteiger charge is 2.14. The van der Waals surface area contributed by atoms with E-state index >= 15 is 0 Å². The SMILES string of the molecule is CN(C)C(=O)c1ccc2nccc(Oc3ccc(C[C@@H](CO)NC[C@@H](O)c4cccc(Cl)c4)cc3)c2c1. The summed E-state index contributed by atoms with van der Waals surface area (Å²) in [7, 11) is 3.43. The molecule has 0 fully saturated rings. The number of hydrogen-bond acceptors (Lipinski definition) is 6. The fourth-order valence-electron chi connectivity index (χ4n) is 4.02. The number of ether oxygens (including phenoxy) is 1. The van der Waals surface area contributed by atoms with Crippen LogP contribution < -0.4 is 10.1 Å². The van der Waals surface area contributed by atoms with Crippen LogP contribution in [0.3, 0.4) is 0 Å². The van der Waals surface area contributed by atoms with Crippen LogP contribution in [0, 0.1) is 0 Å². The average molecular weight is 520 g/mol. The van der Waals surface area contributed by atoms with Gasteiger partial charge in [0.1, 0.15) is 11.5 Å². The number of halogens is 1. The number of hydrogen-bond donors (Lipinski definition) is 3. The van der Waals surface area contributed by atoms with Crippen molar-refractivity contribution < 1.29 is 19.7 Å². The first-order chi connectivity index (χ1) is 17.8. The predicted octanol–water partition coefficient (Wildman–Crippen LogP) is 4.61. The van der Waals surface area contributed by atoms with Crippen molar-refractivity contribution in [3.63, 3.8) is 0 Å². The molecule has 1 heterocycles. The summed E-state index contributed by atoms with van der Waals surface area (Å²) in [4.78, 5) is 18.3. The van der Waals surface area contributed by atoms with E-state index in [1.54, 1.807) is 56.7 Å². The van der Waals surface area contributed by atoms with Crippen molar-refractivity contribution in [1.29, 1.82) is 0 Å². The van der Waals surface area contributed by atoms with E-state index in [2.05, 4.69) is 10.3 Å². The lowest BCUT2D eigenvalue weighted by molar-refractivity contribution is 0.0827. The van der Waals surface area contributed by atoms with Crippen LogP contribution in [-0.2, 0) is 6.42 Å². The van der Waals surface area contributed by atoms with Gasteiger partial charge < -0.3 is 25.2 Å². The van der Waals surface area contributed by atoms with Crippen molar-refractivity contribution in [3.05, 3.63) is 101 Å². The summed E-state index contributed by atoms with van der Waals surface area (Å²) in [6, 6.07) is 21.6. The third-order valence-electron chi connectivity index (χ3n) is 6.04. The lowest BCUT2D eigenvalue weighted by atomic mass is 10.0. The molecule has 0 radical (unpaired) electrons. The second kappa shape index (κ2) is 12.2. The molecular weight excluding hydrogens is 490 g/mol. The van der Waals surface area contributed by atoms with Crippen molar-refractivity contribution in [1.82, 2.24) is 15.2 Å². The van der Waals surface area contributed by atoms with Crippen molar-refractivity contribution >= 4 is 28.4 Å². The van der Waals surface area contributed by atoms with Gasteiger partial charge in [0.15, 0.2) is 0 Å². The molecule has 7 nitrogen and oxygen atoms in total. The quantitative estimate of drug-likeness (QED) is 0.283. The number of carbonyl (C=O) groups excluding carboxylic acids is 1. The third kappa shape index (κ3) is 6.84. The van der Waals surface area contributed by atoms with Gasteiger partial charge in [0.2, 0.25) is 0 Å². The molecule has 0 saturated carbocycles. The van der Waals surface area contributed by atoms with Gasteiger partial charge in [-0.3, -0.25) is 9.78 Å². The fourth-order valence-corrected chi connectivity index (χ4v) is 4.22. The number of aromatic nitrogens is 1. The number of carbonyl (C=O) groups is 1. The summed E-state index contributed by atoms with van der Waals surface area (Å²) in [5, 5.41) is 24.8. The normalized spacial score (nSPS) is 12.8. The Hall–Kier alpha value is -3.49. The highest BCUT2D eigenvalue weighted by Crippen LogP contribution is 2.30. The van der Waals surface area contributed by atoms with Gasteiger partial charge in [0.25, 0.3) is 5.91 Å². The lowest BCUT2D eigenvalue weighted by Gasteiger charge is -2.19. The Morgan fingerprint density at radius 3 is 2.57 bits per heavy atom. The number of fused-ring (bicyclic) bond motifs is 1. The van der Waals surface area contributed by atoms with E-state index in [1.807, 2.05) is 36.4 Å². The Morgan fingerprint density at radius 2 is 1.86 bits per heavy atom. The molecule has 3 aromatic carbocycles. The average Bonchev–Trinajstić information content (AvgIpc) is 2.91. The zero-order chi connectivity index (χ0) is 26.4. The van der Waals surface area contributed by atoms with Crippen LogP contribution in [0.2, 0.25) is 5.02 Å². The molecule has 192 valence electrons. The lowest BCUT2D eigenvalue weighted by Crippen LogP contribution is -2.37. The van der Waals surface area contributed by atoms with E-state index in [0.29, 0.717) is 35.1 Å². The summed E-state index contributed by atoms with van der Waals surface area (Å²) in [5.74, 6) is 1.16. The molecule has 2 atom stereocenters. The number of aliphatic hydroxyl groups is 2. The minimum Gasteiger partial charge on any atom is -0.457 e. The van der Waals surface area contributed by atoms with Crippen LogP contribution in [-0.4, -0.2) is 59.3 Å². The monoisotopic (exact) mass is 519 g/mol. The van der Waals surface area contributed by atoms with Gasteiger partial charge in [-0.1, -0.05) is 35.9 Å². The fraction of sp³-hybridized carbons (Fsp3) is 0.241. The molecule has 4 rings (SSSR count). The Balaban J connectivity index is 1.41. The van der Waals surface area contributed by atoms with Crippen molar-refractivity contribution in [3.8, 4) is 11.5 Å². The Kier molecular flexibility index (Phi) is 8.74. The summed E-state index contributed by atoms with van der Waals surface area (Å²) >= 11 is 6.01. The second-order valence-electron chi connectivity index (χ2n) is 9.05. The first-order valence-corrected chi connectivity index (χ1v) is 12.4. The number of aliphatic hydroxyl groups excluding tert-OH is 2. The zero-order valence-corrected chi connectivity index (χ0v) is 21.5. The Labute approximate surface area is 221 Å². The van der Waals surface area contributed by atoms with Crippen molar-refractivity contribution in [2.45, 2.75) is 18.6 Å². The molecule has 37 heavy (non-hydrogen) atoms. The molecule has 8 heteroatoms. The maximum atomic E-state index is 12.4. The molecule has 0 saturated heterocycles. The Morgan fingerprint density at radius 1 is 1.08 bits per heavy atom. The minimum atomic E-state index is -0.729. The molecule has 0 aliphatic rings. The molecule has 3 N–H and O–H groups in total. The van der Waals surface area contributed by atoms with E-state index in [4.69, 9.17) is 16.3 Å². The Bertz CT molecular complexity index is 1360. The predicted molar refractivity (Wildman–Crippen MR) is 145 cm³/mol. The van der Waals surface area contributed by atoms with E-state index in [9.17, 15) is 15.0 Å². The van der Waals surface area contributed by atoms with Crippen molar-refractivity contribution in [2.75, 3.05) is 27.2 Å². The van der Waals surface area contributed by atoms with Crippen molar-refractivity contribution in [2.24, 2.45) is 0 Å². The number of amides is 1. The van der Waals surface area contributed by atoms with Crippen LogP contribution in [0.25, 0.3) is 10.9 Å². The van der Waals surface area contributed by atoms with Gasteiger partial charge in [-0.15, -0.1) is 0 Å². The maximum absolute atomic E-state index is 12.4. The van der Waals surface area contributed by atoms with Crippen LogP contribution in [0.4, 0.5) is 0 Å². The molecule has 0 spiro atoms. The first kappa shape index (κ1) is 26.6. The minimum absolute atomic E-state index is 0.0719. The highest BCUT2D eigenvalue weighted by molar-refractivity contribution is 6.30. The molecule has 0 bridgehead atoms. The summed E-state index contributed by atoms with van der Waals surface area (Å²) in [5.41, 5.74) is 3.03. The topological polar surface area (TPSA) is 94.9 Å². The summed E-state index contributed by atoms with van der Waals surface area (Å²) in [6.45, 7) is 0.220. The van der Waals surface area contributed by atoms with Gasteiger partial charge in [-0.05, 0) is 66.1 Å². The largest absolute Gasteiger partial charge is 0.457 e. The van der Waals surface area contributed by atoms with Gasteiger partial charge in [0.05, 0.1) is 18.2 Å². The number of pyridine rings is 1. The van der Waals surface area contributed by atoms with Crippen LogP contribution in [0.1, 0.15) is 27.6 Å². The van der Waals surface area contributed by atoms with E-state index in [-0.39, 0.29) is 18.6 Å². The number of rotatable bonds is 10. The van der Waals surface area contributed by atoms with Gasteiger partial charge in [-0.25, -0.2) is 0 Å². The van der Waals surface area contributed by atoms with Crippen LogP contribution in [0.15, 0.2) is 79.0 Å². The van der Waals surface area contributed by atoms with E-state index in [0.717, 1.165) is 22.0 Å². The van der Waals surface area contributed by atoms with E-state index in [1.165, 1.54) is 4.90 Å².